The highest BCUT2D eigenvalue weighted by molar-refractivity contribution is 7.87. The van der Waals surface area contributed by atoms with Crippen molar-refractivity contribution in [3.63, 3.8) is 0 Å². The summed E-state index contributed by atoms with van der Waals surface area (Å²) in [6.45, 7) is 0. The number of hydrogen-bond donors (Lipinski definition) is 2. The van der Waals surface area contributed by atoms with Crippen LogP contribution in [0.2, 0.25) is 0 Å². The average Bonchev–Trinajstić information content (AvgIpc) is 1.43. The first kappa shape index (κ1) is 12.4. The quantitative estimate of drug-likeness (QED) is 0.536. The Morgan fingerprint density at radius 3 is 1.15 bits per heavy atom. The molecule has 0 radical (unpaired) electrons. The largest absolute Gasteiger partial charge is 0.471 e. The molecule has 0 aliphatic rings. The third-order valence-corrected chi connectivity index (χ3v) is 1.50. The number of nitrogens with one attached hydrogen (secondary N) is 2. The molecule has 0 rings (SSSR count). The average molecular weight is 232 g/mol. The van der Waals surface area contributed by atoms with Crippen molar-refractivity contribution in [2.45, 2.75) is 12.6 Å². The molecule has 0 atom stereocenters. The van der Waals surface area contributed by atoms with E-state index < -0.39 is 22.8 Å². The molecule has 0 spiro atoms. The first-order valence-corrected chi connectivity index (χ1v) is 3.86. The lowest BCUT2D eigenvalue weighted by molar-refractivity contribution is -0.147. The van der Waals surface area contributed by atoms with Crippen LogP contribution < -0.4 is 9.44 Å². The van der Waals surface area contributed by atoms with E-state index in [-0.39, 0.29) is 9.44 Å². The van der Waals surface area contributed by atoms with E-state index in [4.69, 9.17) is 0 Å². The van der Waals surface area contributed by atoms with Crippen LogP contribution in [0.25, 0.3) is 0 Å². The standard InChI is InChI=1S/C2H2F6N2O2S/c3-1(4,5)9-13(11,12)10-2(6,7)8/h9-10H. The SMILES string of the molecule is O=S(=O)(NC(F)(F)F)NC(F)(F)F. The molecule has 0 unspecified atom stereocenters. The Balaban J connectivity index is 4.46. The van der Waals surface area contributed by atoms with Gasteiger partial charge in [-0.3, -0.25) is 0 Å². The van der Waals surface area contributed by atoms with Crippen LogP contribution in [0.5, 0.6) is 0 Å². The van der Waals surface area contributed by atoms with E-state index in [1.165, 1.54) is 0 Å². The van der Waals surface area contributed by atoms with Gasteiger partial charge in [0.1, 0.15) is 0 Å². The van der Waals surface area contributed by atoms with Gasteiger partial charge in [0, 0.05) is 0 Å². The number of alkyl halides is 6. The minimum atomic E-state index is -5.65. The molecule has 0 aliphatic carbocycles. The fourth-order valence-corrected chi connectivity index (χ4v) is 0.991. The van der Waals surface area contributed by atoms with Crippen molar-refractivity contribution < 1.29 is 34.8 Å². The van der Waals surface area contributed by atoms with E-state index >= 15 is 0 Å². The van der Waals surface area contributed by atoms with Gasteiger partial charge < -0.3 is 0 Å². The minimum Gasteiger partial charge on any atom is -0.195 e. The zero-order valence-corrected chi connectivity index (χ0v) is 6.31. The summed E-state index contributed by atoms with van der Waals surface area (Å²) in [5.74, 6) is 0. The molecule has 13 heavy (non-hydrogen) atoms. The predicted molar refractivity (Wildman–Crippen MR) is 27.3 cm³/mol. The van der Waals surface area contributed by atoms with E-state index in [0.29, 0.717) is 0 Å². The van der Waals surface area contributed by atoms with Crippen molar-refractivity contribution in [3.8, 4) is 0 Å². The molecule has 80 valence electrons. The smallest absolute Gasteiger partial charge is 0.195 e. The number of rotatable bonds is 2. The van der Waals surface area contributed by atoms with E-state index in [0.717, 1.165) is 0 Å². The zero-order chi connectivity index (χ0) is 10.9. The third-order valence-electron chi connectivity index (χ3n) is 0.500. The first-order chi connectivity index (χ1) is 5.41. The summed E-state index contributed by atoms with van der Waals surface area (Å²) in [7, 11) is -5.65. The molecule has 0 aromatic carbocycles. The van der Waals surface area contributed by atoms with E-state index in [2.05, 4.69) is 0 Å². The summed E-state index contributed by atoms with van der Waals surface area (Å²) >= 11 is 0. The Morgan fingerprint density at radius 2 is 1.00 bits per heavy atom. The van der Waals surface area contributed by atoms with Crippen LogP contribution in [-0.4, -0.2) is 21.0 Å². The van der Waals surface area contributed by atoms with Crippen molar-refractivity contribution in [2.75, 3.05) is 0 Å². The lowest BCUT2D eigenvalue weighted by atomic mass is 11.2. The Labute approximate surface area is 68.1 Å². The molecule has 2 N–H and O–H groups in total. The Morgan fingerprint density at radius 1 is 0.769 bits per heavy atom. The highest BCUT2D eigenvalue weighted by Crippen LogP contribution is 2.14. The van der Waals surface area contributed by atoms with Crippen molar-refractivity contribution >= 4 is 10.2 Å². The first-order valence-electron chi connectivity index (χ1n) is 2.38. The second kappa shape index (κ2) is 3.31. The van der Waals surface area contributed by atoms with Crippen LogP contribution in [0, 0.1) is 0 Å². The van der Waals surface area contributed by atoms with Crippen LogP contribution >= 0.6 is 0 Å². The molecular formula is C2H2F6N2O2S. The normalized spacial score (nSPS) is 14.6. The molecule has 0 aliphatic heterocycles. The van der Waals surface area contributed by atoms with Gasteiger partial charge >= 0.3 is 12.6 Å². The van der Waals surface area contributed by atoms with Gasteiger partial charge in [-0.1, -0.05) is 0 Å². The summed E-state index contributed by atoms with van der Waals surface area (Å²) in [4.78, 5) is 0. The maximum Gasteiger partial charge on any atom is 0.471 e. The summed E-state index contributed by atoms with van der Waals surface area (Å²) in [6, 6.07) is 0. The van der Waals surface area contributed by atoms with Gasteiger partial charge in [-0.05, 0) is 0 Å². The van der Waals surface area contributed by atoms with Gasteiger partial charge in [0.25, 0.3) is 10.2 Å². The van der Waals surface area contributed by atoms with Crippen LogP contribution in [-0.2, 0) is 10.2 Å². The van der Waals surface area contributed by atoms with E-state index in [9.17, 15) is 34.8 Å². The number of hydrogen-bond acceptors (Lipinski definition) is 2. The molecule has 0 fully saturated rings. The van der Waals surface area contributed by atoms with Gasteiger partial charge in [0.2, 0.25) is 0 Å². The summed E-state index contributed by atoms with van der Waals surface area (Å²) in [5.41, 5.74) is 0. The van der Waals surface area contributed by atoms with Crippen molar-refractivity contribution in [3.05, 3.63) is 0 Å². The highest BCUT2D eigenvalue weighted by atomic mass is 32.2. The van der Waals surface area contributed by atoms with Crippen LogP contribution in [0.4, 0.5) is 26.3 Å². The maximum atomic E-state index is 11.2. The third kappa shape index (κ3) is 7.80. The number of halogens is 6. The Hall–Kier alpha value is -0.550. The van der Waals surface area contributed by atoms with E-state index in [1.54, 1.807) is 0 Å². The Bertz CT molecular complexity index is 241. The minimum absolute atomic E-state index is 0.207. The van der Waals surface area contributed by atoms with Crippen molar-refractivity contribution in [1.82, 2.24) is 9.44 Å². The molecule has 0 saturated heterocycles. The zero-order valence-electron chi connectivity index (χ0n) is 5.49. The summed E-state index contributed by atoms with van der Waals surface area (Å²) in [6.07, 6.45) is -10.9. The van der Waals surface area contributed by atoms with Gasteiger partial charge in [-0.25, -0.2) is 0 Å². The topological polar surface area (TPSA) is 58.2 Å². The maximum absolute atomic E-state index is 11.2. The molecule has 11 heteroatoms. The fraction of sp³-hybridized carbons (Fsp3) is 1.00. The second-order valence-electron chi connectivity index (χ2n) is 1.70. The lowest BCUT2D eigenvalue weighted by Crippen LogP contribution is -2.49. The summed E-state index contributed by atoms with van der Waals surface area (Å²) < 4.78 is 87.0. The molecule has 0 aromatic heterocycles. The molecule has 0 heterocycles. The highest BCUT2D eigenvalue weighted by Gasteiger charge is 2.40. The molecule has 0 aromatic rings. The molecule has 0 saturated carbocycles. The van der Waals surface area contributed by atoms with Gasteiger partial charge in [-0.15, -0.1) is 9.44 Å². The van der Waals surface area contributed by atoms with Gasteiger partial charge in [0.05, 0.1) is 0 Å². The molecule has 4 nitrogen and oxygen atoms in total. The van der Waals surface area contributed by atoms with Crippen LogP contribution in [0.3, 0.4) is 0 Å². The fourth-order valence-electron chi connectivity index (χ4n) is 0.330. The summed E-state index contributed by atoms with van der Waals surface area (Å²) in [5, 5.41) is 0. The van der Waals surface area contributed by atoms with Crippen molar-refractivity contribution in [1.29, 1.82) is 0 Å². The van der Waals surface area contributed by atoms with Crippen LogP contribution in [0.15, 0.2) is 0 Å². The van der Waals surface area contributed by atoms with Gasteiger partial charge in [0.15, 0.2) is 0 Å². The van der Waals surface area contributed by atoms with Gasteiger partial charge in [-0.2, -0.15) is 34.8 Å². The monoisotopic (exact) mass is 232 g/mol. The van der Waals surface area contributed by atoms with E-state index in [1.807, 2.05) is 0 Å². The predicted octanol–water partition coefficient (Wildman–Crippen LogP) is 0.450. The second-order valence-corrected chi connectivity index (χ2v) is 3.12. The molecule has 0 amide bonds. The Kier molecular flexibility index (Phi) is 3.17. The molecule has 0 bridgehead atoms. The van der Waals surface area contributed by atoms with Crippen molar-refractivity contribution in [2.24, 2.45) is 0 Å². The molecular weight excluding hydrogens is 230 g/mol. The lowest BCUT2D eigenvalue weighted by Gasteiger charge is -2.11. The van der Waals surface area contributed by atoms with Crippen LogP contribution in [0.1, 0.15) is 0 Å².